The number of halogens is 3. The Hall–Kier alpha value is -2.14. The molecule has 6 heteroatoms. The van der Waals surface area contributed by atoms with E-state index >= 15 is 0 Å². The molecule has 0 aliphatic carbocycles. The van der Waals surface area contributed by atoms with Crippen LogP contribution in [0.15, 0.2) is 47.5 Å². The lowest BCUT2D eigenvalue weighted by molar-refractivity contribution is 0.621. The molecular weight excluding hydrogens is 296 g/mol. The van der Waals surface area contributed by atoms with Crippen molar-refractivity contribution in [3.63, 3.8) is 0 Å². The van der Waals surface area contributed by atoms with Crippen molar-refractivity contribution in [3.8, 4) is 0 Å². The zero-order valence-corrected chi connectivity index (χ0v) is 11.7. The second kappa shape index (κ2) is 5.33. The highest BCUT2D eigenvalue weighted by molar-refractivity contribution is 6.30. The van der Waals surface area contributed by atoms with E-state index in [4.69, 9.17) is 17.3 Å². The highest BCUT2D eigenvalue weighted by atomic mass is 35.5. The summed E-state index contributed by atoms with van der Waals surface area (Å²) in [5.41, 5.74) is 7.32. The minimum Gasteiger partial charge on any atom is -0.369 e. The second-order valence-corrected chi connectivity index (χ2v) is 5.14. The summed E-state index contributed by atoms with van der Waals surface area (Å²) in [6.07, 6.45) is 0. The molecule has 0 radical (unpaired) electrons. The molecular formula is C15H12ClF2N3. The zero-order valence-electron chi connectivity index (χ0n) is 10.9. The first kappa shape index (κ1) is 13.8. The number of guanidine groups is 1. The first-order valence-electron chi connectivity index (χ1n) is 6.36. The Morgan fingerprint density at radius 2 is 1.86 bits per heavy atom. The van der Waals surface area contributed by atoms with Crippen LogP contribution in [-0.2, 0) is 0 Å². The monoisotopic (exact) mass is 307 g/mol. The van der Waals surface area contributed by atoms with Gasteiger partial charge in [0.05, 0.1) is 17.6 Å². The van der Waals surface area contributed by atoms with Gasteiger partial charge < -0.3 is 10.6 Å². The fourth-order valence-corrected chi connectivity index (χ4v) is 2.50. The van der Waals surface area contributed by atoms with E-state index in [2.05, 4.69) is 4.99 Å². The van der Waals surface area contributed by atoms with Gasteiger partial charge in [-0.1, -0.05) is 17.7 Å². The van der Waals surface area contributed by atoms with Crippen LogP contribution < -0.4 is 10.6 Å². The highest BCUT2D eigenvalue weighted by Gasteiger charge is 2.29. The normalized spacial score (nSPS) is 18.0. The maximum atomic E-state index is 13.6. The number of aliphatic imine (C=N–C) groups is 1. The van der Waals surface area contributed by atoms with Gasteiger partial charge in [-0.2, -0.15) is 0 Å². The van der Waals surface area contributed by atoms with Crippen molar-refractivity contribution in [2.75, 3.05) is 11.4 Å². The number of anilines is 1. The van der Waals surface area contributed by atoms with Crippen LogP contribution in [0.5, 0.6) is 0 Å². The number of hydrogen-bond acceptors (Lipinski definition) is 3. The Morgan fingerprint density at radius 1 is 1.14 bits per heavy atom. The van der Waals surface area contributed by atoms with Gasteiger partial charge in [0.1, 0.15) is 11.6 Å². The molecule has 3 rings (SSSR count). The molecule has 108 valence electrons. The molecule has 1 atom stereocenters. The summed E-state index contributed by atoms with van der Waals surface area (Å²) in [5.74, 6) is -0.497. The molecule has 0 saturated carbocycles. The molecule has 0 fully saturated rings. The molecule has 1 heterocycles. The van der Waals surface area contributed by atoms with Crippen LogP contribution >= 0.6 is 11.6 Å². The van der Waals surface area contributed by atoms with E-state index in [1.807, 2.05) is 0 Å². The molecule has 3 nitrogen and oxygen atoms in total. The number of rotatable bonds is 2. The molecule has 1 unspecified atom stereocenters. The maximum Gasteiger partial charge on any atom is 0.196 e. The fourth-order valence-electron chi connectivity index (χ4n) is 2.39. The Kier molecular flexibility index (Phi) is 3.51. The van der Waals surface area contributed by atoms with Crippen LogP contribution in [-0.4, -0.2) is 12.5 Å². The molecule has 1 aliphatic heterocycles. The summed E-state index contributed by atoms with van der Waals surface area (Å²) in [6, 6.07) is 10.3. The maximum absolute atomic E-state index is 13.6. The smallest absolute Gasteiger partial charge is 0.196 e. The quantitative estimate of drug-likeness (QED) is 0.922. The van der Waals surface area contributed by atoms with E-state index in [1.54, 1.807) is 23.1 Å². The van der Waals surface area contributed by atoms with E-state index in [-0.39, 0.29) is 16.9 Å². The molecule has 0 aromatic heterocycles. The number of benzene rings is 2. The minimum atomic E-state index is -0.487. The van der Waals surface area contributed by atoms with Crippen LogP contribution in [0.3, 0.4) is 0 Å². The summed E-state index contributed by atoms with van der Waals surface area (Å²) in [5, 5.41) is 0.0685. The largest absolute Gasteiger partial charge is 0.369 e. The van der Waals surface area contributed by atoms with E-state index in [9.17, 15) is 8.78 Å². The summed E-state index contributed by atoms with van der Waals surface area (Å²) < 4.78 is 26.7. The van der Waals surface area contributed by atoms with Gasteiger partial charge in [-0.15, -0.1) is 0 Å². The van der Waals surface area contributed by atoms with E-state index in [0.717, 1.165) is 0 Å². The molecule has 0 bridgehead atoms. The minimum absolute atomic E-state index is 0.0685. The van der Waals surface area contributed by atoms with Gasteiger partial charge in [0.25, 0.3) is 0 Å². The van der Waals surface area contributed by atoms with Crippen molar-refractivity contribution in [2.45, 2.75) is 6.04 Å². The van der Waals surface area contributed by atoms with Crippen LogP contribution in [0.25, 0.3) is 0 Å². The average Bonchev–Trinajstić information content (AvgIpc) is 2.85. The van der Waals surface area contributed by atoms with Gasteiger partial charge in [0.15, 0.2) is 5.96 Å². The Labute approximate surface area is 125 Å². The van der Waals surface area contributed by atoms with E-state index in [0.29, 0.717) is 23.8 Å². The number of nitrogens with zero attached hydrogens (tertiary/aromatic N) is 2. The lowest BCUT2D eigenvalue weighted by Gasteiger charge is -2.26. The van der Waals surface area contributed by atoms with Gasteiger partial charge in [-0.25, -0.2) is 8.78 Å². The second-order valence-electron chi connectivity index (χ2n) is 4.73. The van der Waals surface area contributed by atoms with Crippen molar-refractivity contribution < 1.29 is 8.78 Å². The third-order valence-electron chi connectivity index (χ3n) is 3.42. The highest BCUT2D eigenvalue weighted by Crippen LogP contribution is 2.32. The molecule has 0 amide bonds. The Morgan fingerprint density at radius 3 is 2.52 bits per heavy atom. The summed E-state index contributed by atoms with van der Waals surface area (Å²) in [7, 11) is 0. The van der Waals surface area contributed by atoms with Crippen molar-refractivity contribution in [1.29, 1.82) is 0 Å². The van der Waals surface area contributed by atoms with Crippen molar-refractivity contribution >= 4 is 23.2 Å². The Balaban J connectivity index is 1.98. The topological polar surface area (TPSA) is 41.6 Å². The van der Waals surface area contributed by atoms with Gasteiger partial charge in [-0.05, 0) is 42.0 Å². The lowest BCUT2D eigenvalue weighted by atomic mass is 10.1. The molecule has 1 aliphatic rings. The molecule has 0 spiro atoms. The van der Waals surface area contributed by atoms with Crippen LogP contribution in [0.1, 0.15) is 11.6 Å². The lowest BCUT2D eigenvalue weighted by Crippen LogP contribution is -2.36. The van der Waals surface area contributed by atoms with Gasteiger partial charge in [0.2, 0.25) is 0 Å². The number of nitrogens with two attached hydrogens (primary N) is 1. The van der Waals surface area contributed by atoms with Crippen LogP contribution in [0, 0.1) is 11.6 Å². The summed E-state index contributed by atoms with van der Waals surface area (Å²) in [6.45, 7) is 0.407. The molecule has 0 saturated heterocycles. The molecule has 21 heavy (non-hydrogen) atoms. The van der Waals surface area contributed by atoms with E-state index < -0.39 is 5.82 Å². The first-order chi connectivity index (χ1) is 10.1. The van der Waals surface area contributed by atoms with E-state index in [1.165, 1.54) is 24.3 Å². The molecule has 2 aromatic carbocycles. The third-order valence-corrected chi connectivity index (χ3v) is 3.72. The SMILES string of the molecule is NC1=NCC(c2ccc(Cl)c(F)c2)N1c1ccc(F)cc1. The number of hydrogen-bond donors (Lipinski definition) is 1. The predicted molar refractivity (Wildman–Crippen MR) is 79.5 cm³/mol. The third kappa shape index (κ3) is 2.56. The van der Waals surface area contributed by atoms with Gasteiger partial charge >= 0.3 is 0 Å². The standard InChI is InChI=1S/C15H12ClF2N3/c16-12-6-1-9(7-13(12)18)14-8-20-15(19)21(14)11-4-2-10(17)3-5-11/h1-7,14H,8H2,(H2,19,20). The average molecular weight is 308 g/mol. The predicted octanol–water partition coefficient (Wildman–Crippen LogP) is 3.49. The van der Waals surface area contributed by atoms with Gasteiger partial charge in [-0.3, -0.25) is 4.99 Å². The van der Waals surface area contributed by atoms with Crippen LogP contribution in [0.4, 0.5) is 14.5 Å². The van der Waals surface area contributed by atoms with Gasteiger partial charge in [0, 0.05) is 5.69 Å². The summed E-state index contributed by atoms with van der Waals surface area (Å²) >= 11 is 5.70. The van der Waals surface area contributed by atoms with Crippen molar-refractivity contribution in [2.24, 2.45) is 10.7 Å². The molecule has 2 N–H and O–H groups in total. The Bertz CT molecular complexity index is 701. The molecule has 2 aromatic rings. The van der Waals surface area contributed by atoms with Crippen molar-refractivity contribution in [1.82, 2.24) is 0 Å². The zero-order chi connectivity index (χ0) is 15.0. The van der Waals surface area contributed by atoms with Crippen LogP contribution in [0.2, 0.25) is 5.02 Å². The van der Waals surface area contributed by atoms with Crippen molar-refractivity contribution in [3.05, 3.63) is 64.7 Å². The fraction of sp³-hybridized carbons (Fsp3) is 0.133. The first-order valence-corrected chi connectivity index (χ1v) is 6.74. The summed E-state index contributed by atoms with van der Waals surface area (Å²) in [4.78, 5) is 5.95.